The van der Waals surface area contributed by atoms with Crippen LogP contribution < -0.4 is 0 Å². The number of hydrogen-bond acceptors (Lipinski definition) is 1. The van der Waals surface area contributed by atoms with Crippen molar-refractivity contribution in [1.29, 1.82) is 0 Å². The lowest BCUT2D eigenvalue weighted by molar-refractivity contribution is -0.0690. The minimum atomic E-state index is -4.59. The van der Waals surface area contributed by atoms with Gasteiger partial charge in [-0.05, 0) is 6.07 Å². The summed E-state index contributed by atoms with van der Waals surface area (Å²) in [4.78, 5) is 6.00. The van der Waals surface area contributed by atoms with Crippen LogP contribution >= 0.6 is 11.6 Å². The van der Waals surface area contributed by atoms with Crippen LogP contribution in [0.4, 0.5) is 17.6 Å². The smallest absolute Gasteiger partial charge is 0.338 e. The van der Waals surface area contributed by atoms with Crippen molar-refractivity contribution in [2.45, 2.75) is 6.18 Å². The first kappa shape index (κ1) is 11.9. The van der Waals surface area contributed by atoms with E-state index in [4.69, 9.17) is 11.6 Å². The van der Waals surface area contributed by atoms with E-state index in [1.54, 1.807) is 0 Å². The molecule has 0 aliphatic heterocycles. The zero-order valence-corrected chi connectivity index (χ0v) is 8.95. The van der Waals surface area contributed by atoms with Gasteiger partial charge in [0.1, 0.15) is 11.6 Å². The molecule has 0 amide bonds. The highest BCUT2D eigenvalue weighted by molar-refractivity contribution is 6.31. The average molecular weight is 265 g/mol. The lowest BCUT2D eigenvalue weighted by Gasteiger charge is -2.05. The van der Waals surface area contributed by atoms with E-state index in [0.717, 1.165) is 12.1 Å². The topological polar surface area (TPSA) is 28.7 Å². The highest BCUT2D eigenvalue weighted by atomic mass is 35.5. The summed E-state index contributed by atoms with van der Waals surface area (Å²) < 4.78 is 50.2. The molecule has 2 nitrogen and oxygen atoms in total. The summed E-state index contributed by atoms with van der Waals surface area (Å²) in [6.45, 7) is 2.89. The Hall–Kier alpha value is -1.56. The highest BCUT2D eigenvalue weighted by Crippen LogP contribution is 2.32. The van der Waals surface area contributed by atoms with Gasteiger partial charge in [-0.2, -0.15) is 13.2 Å². The van der Waals surface area contributed by atoms with Crippen molar-refractivity contribution in [3.8, 4) is 0 Å². The second-order valence-electron chi connectivity index (χ2n) is 3.35. The van der Waals surface area contributed by atoms with Crippen LogP contribution in [0.5, 0.6) is 0 Å². The molecule has 0 saturated heterocycles. The number of rotatable bonds is 1. The number of halogens is 5. The maximum Gasteiger partial charge on any atom is 0.419 e. The number of nitrogens with one attached hydrogen (secondary N) is 1. The van der Waals surface area contributed by atoms with Crippen molar-refractivity contribution in [2.75, 3.05) is 0 Å². The van der Waals surface area contributed by atoms with Gasteiger partial charge in [-0.15, -0.1) is 0 Å². The van der Waals surface area contributed by atoms with Crippen LogP contribution in [0.25, 0.3) is 16.6 Å². The van der Waals surface area contributed by atoms with Crippen LogP contribution in [0.3, 0.4) is 0 Å². The molecule has 17 heavy (non-hydrogen) atoms. The Morgan fingerprint density at radius 1 is 1.35 bits per heavy atom. The average Bonchev–Trinajstić information content (AvgIpc) is 2.59. The zero-order valence-electron chi connectivity index (χ0n) is 8.20. The molecule has 0 spiro atoms. The lowest BCUT2D eigenvalue weighted by Crippen LogP contribution is -2.10. The number of H-pyrrole nitrogens is 1. The molecule has 1 heterocycles. The summed E-state index contributed by atoms with van der Waals surface area (Å²) in [6.07, 6.45) is -4.59. The first-order valence-corrected chi connectivity index (χ1v) is 4.78. The predicted molar refractivity (Wildman–Crippen MR) is 56.2 cm³/mol. The van der Waals surface area contributed by atoms with Gasteiger partial charge in [0, 0.05) is 6.07 Å². The number of nitrogens with zero attached hydrogens (tertiary/aromatic N) is 1. The third-order valence-electron chi connectivity index (χ3n) is 2.15. The van der Waals surface area contributed by atoms with E-state index in [0.29, 0.717) is 0 Å². The van der Waals surface area contributed by atoms with E-state index in [2.05, 4.69) is 16.5 Å². The van der Waals surface area contributed by atoms with Gasteiger partial charge in [0.05, 0.1) is 21.6 Å². The van der Waals surface area contributed by atoms with Crippen molar-refractivity contribution < 1.29 is 17.6 Å². The Morgan fingerprint density at radius 2 is 2.00 bits per heavy atom. The van der Waals surface area contributed by atoms with Gasteiger partial charge in [-0.1, -0.05) is 18.2 Å². The van der Waals surface area contributed by atoms with Gasteiger partial charge < -0.3 is 4.98 Å². The fourth-order valence-electron chi connectivity index (χ4n) is 1.28. The molecule has 0 aliphatic rings. The maximum absolute atomic E-state index is 13.1. The Balaban J connectivity index is 2.56. The Labute approximate surface area is 97.9 Å². The summed E-state index contributed by atoms with van der Waals surface area (Å²) in [6, 6.07) is 2.13. The largest absolute Gasteiger partial charge is 0.419 e. The molecule has 0 radical (unpaired) electrons. The van der Waals surface area contributed by atoms with E-state index in [9.17, 15) is 17.6 Å². The number of aromatic nitrogens is 2. The van der Waals surface area contributed by atoms with Crippen LogP contribution in [-0.2, 0) is 0 Å². The Morgan fingerprint density at radius 3 is 2.59 bits per heavy atom. The van der Waals surface area contributed by atoms with Crippen LogP contribution in [0.1, 0.15) is 5.82 Å². The molecule has 2 rings (SSSR count). The third-order valence-corrected chi connectivity index (χ3v) is 2.44. The van der Waals surface area contributed by atoms with Crippen molar-refractivity contribution >= 4 is 28.2 Å². The number of hydrogen-bond donors (Lipinski definition) is 1. The first-order chi connectivity index (χ1) is 7.79. The maximum atomic E-state index is 13.1. The van der Waals surface area contributed by atoms with Crippen molar-refractivity contribution in [1.82, 2.24) is 9.97 Å². The molecule has 2 aromatic rings. The fraction of sp³-hybridized carbons (Fsp3) is 0.100. The van der Waals surface area contributed by atoms with Crippen molar-refractivity contribution in [2.24, 2.45) is 0 Å². The van der Waals surface area contributed by atoms with Crippen LogP contribution in [0, 0.1) is 5.82 Å². The molecule has 0 fully saturated rings. The quantitative estimate of drug-likeness (QED) is 0.777. The van der Waals surface area contributed by atoms with Gasteiger partial charge in [0.15, 0.2) is 0 Å². The number of alkyl halides is 3. The molecular formula is C10H5ClF4N2. The van der Waals surface area contributed by atoms with Gasteiger partial charge >= 0.3 is 6.18 Å². The molecule has 90 valence electrons. The summed E-state index contributed by atoms with van der Waals surface area (Å²) in [5, 5.41) is -0.201. The lowest BCUT2D eigenvalue weighted by atomic mass is 10.3. The van der Waals surface area contributed by atoms with Crippen LogP contribution in [0.15, 0.2) is 18.7 Å². The molecule has 0 saturated carbocycles. The summed E-state index contributed by atoms with van der Waals surface area (Å²) >= 11 is 5.49. The number of aromatic amines is 1. The summed E-state index contributed by atoms with van der Waals surface area (Å²) in [5.74, 6) is -1.18. The van der Waals surface area contributed by atoms with Crippen LogP contribution in [-0.4, -0.2) is 16.1 Å². The summed E-state index contributed by atoms with van der Waals surface area (Å²) in [7, 11) is 0. The van der Waals surface area contributed by atoms with Gasteiger partial charge in [-0.25, -0.2) is 9.37 Å². The Kier molecular flexibility index (Phi) is 2.61. The normalized spacial score (nSPS) is 12.1. The number of fused-ring (bicyclic) bond motifs is 1. The monoisotopic (exact) mass is 264 g/mol. The molecular weight excluding hydrogens is 260 g/mol. The molecule has 1 N–H and O–H groups in total. The molecule has 0 bridgehead atoms. The molecule has 7 heteroatoms. The minimum absolute atomic E-state index is 0.132. The Bertz CT molecular complexity index is 561. The van der Waals surface area contributed by atoms with Gasteiger partial charge in [-0.3, -0.25) is 0 Å². The fourth-order valence-corrected chi connectivity index (χ4v) is 1.44. The van der Waals surface area contributed by atoms with E-state index in [-0.39, 0.29) is 16.1 Å². The molecule has 0 aliphatic carbocycles. The van der Waals surface area contributed by atoms with Crippen molar-refractivity contribution in [3.05, 3.63) is 35.4 Å². The molecule has 1 aromatic heterocycles. The van der Waals surface area contributed by atoms with E-state index in [1.807, 2.05) is 0 Å². The zero-order chi connectivity index (χ0) is 12.8. The number of allylic oxidation sites excluding steroid dienone is 1. The molecule has 0 unspecified atom stereocenters. The van der Waals surface area contributed by atoms with Crippen LogP contribution in [0.2, 0.25) is 5.02 Å². The molecule has 0 atom stereocenters. The number of benzene rings is 1. The van der Waals surface area contributed by atoms with E-state index < -0.39 is 23.4 Å². The SMILES string of the molecule is C=C(c1nc2cc(Cl)c(F)cc2[nH]1)C(F)(F)F. The standard InChI is InChI=1S/C10H5ClF4N2/c1-4(10(13,14)15)9-16-7-2-5(11)6(12)3-8(7)17-9/h2-3H,1H2,(H,16,17). The molecule has 1 aromatic carbocycles. The van der Waals surface area contributed by atoms with Gasteiger partial charge in [0.2, 0.25) is 0 Å². The highest BCUT2D eigenvalue weighted by Gasteiger charge is 2.34. The summed E-state index contributed by atoms with van der Waals surface area (Å²) in [5.41, 5.74) is -0.839. The number of imidazole rings is 1. The van der Waals surface area contributed by atoms with E-state index in [1.165, 1.54) is 0 Å². The van der Waals surface area contributed by atoms with E-state index >= 15 is 0 Å². The van der Waals surface area contributed by atoms with Crippen molar-refractivity contribution in [3.63, 3.8) is 0 Å². The first-order valence-electron chi connectivity index (χ1n) is 4.40. The second kappa shape index (κ2) is 3.73. The second-order valence-corrected chi connectivity index (χ2v) is 3.75. The minimum Gasteiger partial charge on any atom is -0.338 e. The predicted octanol–water partition coefficient (Wildman–Crippen LogP) is 3.93. The third kappa shape index (κ3) is 2.12. The van der Waals surface area contributed by atoms with Gasteiger partial charge in [0.25, 0.3) is 0 Å².